The van der Waals surface area contributed by atoms with Gasteiger partial charge in [-0.25, -0.2) is 9.36 Å². The van der Waals surface area contributed by atoms with Crippen molar-refractivity contribution in [1.29, 1.82) is 0 Å². The Balaban J connectivity index is 2.23. The molecule has 0 unspecified atom stereocenters. The fraction of sp³-hybridized carbons (Fsp3) is 0.105. The molecule has 27 heavy (non-hydrogen) atoms. The number of carbonyl (C=O) groups is 3. The van der Waals surface area contributed by atoms with E-state index in [1.807, 2.05) is 6.92 Å². The SMILES string of the molecule is CC(=O)c1cccc2c1c(C(=O)Nc1ccc(C)cc1Cl)c(O)n2C(N)=O. The second-order valence-electron chi connectivity index (χ2n) is 6.07. The highest BCUT2D eigenvalue weighted by molar-refractivity contribution is 6.34. The van der Waals surface area contributed by atoms with Gasteiger partial charge in [0, 0.05) is 10.9 Å². The summed E-state index contributed by atoms with van der Waals surface area (Å²) < 4.78 is 0.785. The molecule has 0 aliphatic heterocycles. The van der Waals surface area contributed by atoms with Crippen LogP contribution in [0.3, 0.4) is 0 Å². The molecule has 0 radical (unpaired) electrons. The Labute approximate surface area is 159 Å². The van der Waals surface area contributed by atoms with Crippen molar-refractivity contribution in [2.45, 2.75) is 13.8 Å². The van der Waals surface area contributed by atoms with Gasteiger partial charge in [0.05, 0.1) is 16.2 Å². The highest BCUT2D eigenvalue weighted by atomic mass is 35.5. The smallest absolute Gasteiger partial charge is 0.326 e. The van der Waals surface area contributed by atoms with Crippen molar-refractivity contribution < 1.29 is 19.5 Å². The van der Waals surface area contributed by atoms with Crippen LogP contribution in [0.2, 0.25) is 5.02 Å². The number of anilines is 1. The number of aromatic nitrogens is 1. The molecule has 0 atom stereocenters. The number of fused-ring (bicyclic) bond motifs is 1. The molecule has 0 fully saturated rings. The molecule has 0 bridgehead atoms. The lowest BCUT2D eigenvalue weighted by atomic mass is 10.0. The quantitative estimate of drug-likeness (QED) is 0.596. The standard InChI is InChI=1S/C19H16ClN3O4/c1-9-6-7-13(12(20)8-9)22-17(25)16-15-11(10(2)24)4-3-5-14(15)23(18(16)26)19(21)27/h3-8,26H,1-2H3,(H2,21,27)(H,22,25). The molecule has 0 saturated heterocycles. The van der Waals surface area contributed by atoms with Crippen LogP contribution < -0.4 is 11.1 Å². The van der Waals surface area contributed by atoms with Crippen molar-refractivity contribution >= 4 is 45.9 Å². The number of nitrogens with one attached hydrogen (secondary N) is 1. The Morgan fingerprint density at radius 2 is 1.89 bits per heavy atom. The number of primary amides is 1. The first-order chi connectivity index (χ1) is 12.7. The molecule has 138 valence electrons. The number of rotatable bonds is 3. The van der Waals surface area contributed by atoms with Crippen LogP contribution in [-0.2, 0) is 0 Å². The van der Waals surface area contributed by atoms with E-state index in [9.17, 15) is 19.5 Å². The average Bonchev–Trinajstić information content (AvgIpc) is 2.89. The first-order valence-corrected chi connectivity index (χ1v) is 8.34. The summed E-state index contributed by atoms with van der Waals surface area (Å²) in [4.78, 5) is 36.7. The molecule has 0 aliphatic rings. The summed E-state index contributed by atoms with van der Waals surface area (Å²) in [7, 11) is 0. The fourth-order valence-corrected chi connectivity index (χ4v) is 3.25. The number of halogens is 1. The van der Waals surface area contributed by atoms with Gasteiger partial charge < -0.3 is 16.2 Å². The Bertz CT molecular complexity index is 1120. The summed E-state index contributed by atoms with van der Waals surface area (Å²) in [5.74, 6) is -1.70. The zero-order valence-electron chi connectivity index (χ0n) is 14.5. The summed E-state index contributed by atoms with van der Waals surface area (Å²) in [6.45, 7) is 3.18. The third-order valence-corrected chi connectivity index (χ3v) is 4.48. The van der Waals surface area contributed by atoms with Crippen molar-refractivity contribution in [2.75, 3.05) is 5.32 Å². The Hall–Kier alpha value is -3.32. The fourth-order valence-electron chi connectivity index (χ4n) is 2.96. The minimum absolute atomic E-state index is 0.141. The summed E-state index contributed by atoms with van der Waals surface area (Å²) in [6.07, 6.45) is 0. The van der Waals surface area contributed by atoms with Crippen LogP contribution >= 0.6 is 11.6 Å². The number of aromatic hydroxyl groups is 1. The topological polar surface area (TPSA) is 114 Å². The van der Waals surface area contributed by atoms with E-state index < -0.39 is 17.8 Å². The van der Waals surface area contributed by atoms with Crippen molar-refractivity contribution in [1.82, 2.24) is 4.57 Å². The van der Waals surface area contributed by atoms with Gasteiger partial charge in [-0.05, 0) is 37.6 Å². The number of hydrogen-bond donors (Lipinski definition) is 3. The molecular weight excluding hydrogens is 370 g/mol. The molecule has 0 saturated carbocycles. The molecule has 8 heteroatoms. The van der Waals surface area contributed by atoms with Crippen LogP contribution in [0.5, 0.6) is 5.88 Å². The second kappa shape index (κ2) is 6.77. The number of amides is 2. The van der Waals surface area contributed by atoms with E-state index in [1.165, 1.54) is 25.1 Å². The van der Waals surface area contributed by atoms with Crippen molar-refractivity contribution in [3.63, 3.8) is 0 Å². The number of benzene rings is 2. The first-order valence-electron chi connectivity index (χ1n) is 7.97. The third kappa shape index (κ3) is 3.13. The largest absolute Gasteiger partial charge is 0.494 e. The predicted octanol–water partition coefficient (Wildman–Crippen LogP) is 3.69. The number of nitrogens with two attached hydrogens (primary N) is 1. The van der Waals surface area contributed by atoms with E-state index in [0.29, 0.717) is 10.7 Å². The normalized spacial score (nSPS) is 10.8. The molecule has 3 rings (SSSR count). The summed E-state index contributed by atoms with van der Waals surface area (Å²) >= 11 is 6.15. The van der Waals surface area contributed by atoms with Gasteiger partial charge in [-0.3, -0.25) is 9.59 Å². The van der Waals surface area contributed by atoms with Crippen LogP contribution in [0.1, 0.15) is 33.2 Å². The van der Waals surface area contributed by atoms with Crippen molar-refractivity contribution in [2.24, 2.45) is 5.73 Å². The molecule has 2 amide bonds. The molecule has 2 aromatic carbocycles. The number of hydrogen-bond acceptors (Lipinski definition) is 4. The summed E-state index contributed by atoms with van der Waals surface area (Å²) in [6, 6.07) is 8.60. The zero-order valence-corrected chi connectivity index (χ0v) is 15.3. The lowest BCUT2D eigenvalue weighted by Gasteiger charge is -2.08. The number of Topliss-reactive ketones (excluding diaryl/α,β-unsaturated/α-hetero) is 1. The maximum absolute atomic E-state index is 12.9. The monoisotopic (exact) mass is 385 g/mol. The van der Waals surface area contributed by atoms with Gasteiger partial charge in [0.1, 0.15) is 5.56 Å². The number of ketones is 1. The van der Waals surface area contributed by atoms with Gasteiger partial charge in [-0.15, -0.1) is 0 Å². The molecule has 0 spiro atoms. The molecule has 3 aromatic rings. The van der Waals surface area contributed by atoms with Gasteiger partial charge in [-0.2, -0.15) is 0 Å². The highest BCUT2D eigenvalue weighted by Crippen LogP contribution is 2.35. The van der Waals surface area contributed by atoms with Crippen LogP contribution in [0.4, 0.5) is 10.5 Å². The number of carbonyl (C=O) groups excluding carboxylic acids is 3. The lowest BCUT2D eigenvalue weighted by molar-refractivity contribution is 0.101. The second-order valence-corrected chi connectivity index (χ2v) is 6.47. The van der Waals surface area contributed by atoms with Crippen LogP contribution in [-0.4, -0.2) is 27.4 Å². The van der Waals surface area contributed by atoms with Gasteiger partial charge in [-0.1, -0.05) is 29.8 Å². The summed E-state index contributed by atoms with van der Waals surface area (Å²) in [5, 5.41) is 13.6. The van der Waals surface area contributed by atoms with Crippen LogP contribution in [0, 0.1) is 6.92 Å². The van der Waals surface area contributed by atoms with Gasteiger partial charge in [0.2, 0.25) is 5.88 Å². The van der Waals surface area contributed by atoms with Gasteiger partial charge in [0.25, 0.3) is 5.91 Å². The Morgan fingerprint density at radius 1 is 1.19 bits per heavy atom. The van der Waals surface area contributed by atoms with Crippen molar-refractivity contribution in [3.8, 4) is 5.88 Å². The molecule has 1 aromatic heterocycles. The first kappa shape index (κ1) is 18.5. The van der Waals surface area contributed by atoms with E-state index in [-0.39, 0.29) is 27.8 Å². The van der Waals surface area contributed by atoms with E-state index in [0.717, 1.165) is 10.1 Å². The Morgan fingerprint density at radius 3 is 2.48 bits per heavy atom. The maximum Gasteiger partial charge on any atom is 0.326 e. The minimum Gasteiger partial charge on any atom is -0.494 e. The van der Waals surface area contributed by atoms with E-state index in [4.69, 9.17) is 17.3 Å². The molecule has 4 N–H and O–H groups in total. The average molecular weight is 386 g/mol. The molecule has 1 heterocycles. The maximum atomic E-state index is 12.9. The zero-order chi connectivity index (χ0) is 19.9. The van der Waals surface area contributed by atoms with E-state index in [2.05, 4.69) is 5.32 Å². The van der Waals surface area contributed by atoms with Gasteiger partial charge in [0.15, 0.2) is 5.78 Å². The number of aryl methyl sites for hydroxylation is 1. The van der Waals surface area contributed by atoms with Gasteiger partial charge >= 0.3 is 6.03 Å². The molecular formula is C19H16ClN3O4. The highest BCUT2D eigenvalue weighted by Gasteiger charge is 2.27. The van der Waals surface area contributed by atoms with E-state index in [1.54, 1.807) is 18.2 Å². The van der Waals surface area contributed by atoms with Crippen molar-refractivity contribution in [3.05, 3.63) is 58.1 Å². The third-order valence-electron chi connectivity index (χ3n) is 4.17. The van der Waals surface area contributed by atoms with Crippen LogP contribution in [0.25, 0.3) is 10.9 Å². The van der Waals surface area contributed by atoms with E-state index >= 15 is 0 Å². The minimum atomic E-state index is -0.981. The predicted molar refractivity (Wildman–Crippen MR) is 103 cm³/mol. The summed E-state index contributed by atoms with van der Waals surface area (Å²) in [5.41, 5.74) is 6.69. The molecule has 7 nitrogen and oxygen atoms in total. The molecule has 0 aliphatic carbocycles. The lowest BCUT2D eigenvalue weighted by Crippen LogP contribution is -2.19. The Kier molecular flexibility index (Phi) is 4.63. The number of nitrogens with zero attached hydrogens (tertiary/aromatic N) is 1. The van der Waals surface area contributed by atoms with Crippen LogP contribution in [0.15, 0.2) is 36.4 Å².